The molecule has 3 N–H and O–H groups in total. The average Bonchev–Trinajstić information content (AvgIpc) is 3.42. The summed E-state index contributed by atoms with van der Waals surface area (Å²) in [6.07, 6.45) is 1.48. The number of rotatable bonds is 7. The lowest BCUT2D eigenvalue weighted by Gasteiger charge is -2.15. The third-order valence-corrected chi connectivity index (χ3v) is 5.32. The van der Waals surface area contributed by atoms with Crippen LogP contribution in [0.15, 0.2) is 69.6 Å². The molecule has 3 aromatic rings. The van der Waals surface area contributed by atoms with E-state index in [1.54, 1.807) is 30.5 Å². The molecular formula is C21H24N4O2S. The van der Waals surface area contributed by atoms with Gasteiger partial charge in [0.1, 0.15) is 0 Å². The maximum absolute atomic E-state index is 12.1. The minimum atomic E-state index is -0.268. The summed E-state index contributed by atoms with van der Waals surface area (Å²) in [5, 5.41) is 11.6. The van der Waals surface area contributed by atoms with Gasteiger partial charge in [-0.25, -0.2) is 0 Å². The highest BCUT2D eigenvalue weighted by Crippen LogP contribution is 2.19. The van der Waals surface area contributed by atoms with Gasteiger partial charge in [-0.1, -0.05) is 25.1 Å². The van der Waals surface area contributed by atoms with Crippen LogP contribution in [-0.4, -0.2) is 25.5 Å². The van der Waals surface area contributed by atoms with Gasteiger partial charge in [0.05, 0.1) is 6.26 Å². The van der Waals surface area contributed by atoms with E-state index in [0.29, 0.717) is 12.5 Å². The number of hydrogen-bond donors (Lipinski definition) is 3. The van der Waals surface area contributed by atoms with Crippen molar-refractivity contribution in [3.63, 3.8) is 0 Å². The normalized spacial score (nSPS) is 12.4. The fourth-order valence-electron chi connectivity index (χ4n) is 2.69. The lowest BCUT2D eigenvalue weighted by atomic mass is 10.1. The Bertz CT molecular complexity index is 904. The van der Waals surface area contributed by atoms with Gasteiger partial charge >= 0.3 is 0 Å². The quantitative estimate of drug-likeness (QED) is 0.416. The van der Waals surface area contributed by atoms with E-state index in [9.17, 15) is 4.79 Å². The van der Waals surface area contributed by atoms with E-state index in [1.165, 1.54) is 11.1 Å². The number of hydrogen-bond acceptors (Lipinski definition) is 4. The molecule has 0 saturated carbocycles. The number of nitrogens with zero attached hydrogens (tertiary/aromatic N) is 1. The molecule has 1 aromatic carbocycles. The predicted octanol–water partition coefficient (Wildman–Crippen LogP) is 4.06. The van der Waals surface area contributed by atoms with Crippen LogP contribution < -0.4 is 16.0 Å². The summed E-state index contributed by atoms with van der Waals surface area (Å²) in [4.78, 5) is 17.7. The number of nitrogens with one attached hydrogen (secondary N) is 3. The average molecular weight is 397 g/mol. The minimum absolute atomic E-state index is 0.268. The Morgan fingerprint density at radius 2 is 2.07 bits per heavy atom. The molecule has 1 atom stereocenters. The first-order valence-corrected chi connectivity index (χ1v) is 9.95. The molecule has 1 amide bonds. The molecular weight excluding hydrogens is 372 g/mol. The standard InChI is InChI=1S/C21H24N4O2S/c1-15(19-9-5-11-28-19)13-23-21(22-2)24-14-16-6-3-7-17(12-16)25-20(26)18-8-4-10-27-18/h3-12,15H,13-14H2,1-2H3,(H,25,26)(H2,22,23,24). The molecule has 3 rings (SSSR count). The summed E-state index contributed by atoms with van der Waals surface area (Å²) in [5.74, 6) is 1.18. The molecule has 0 bridgehead atoms. The monoisotopic (exact) mass is 396 g/mol. The van der Waals surface area contributed by atoms with E-state index in [1.807, 2.05) is 24.3 Å². The third kappa shape index (κ3) is 5.47. The Labute approximate surface area is 168 Å². The second kappa shape index (κ2) is 9.75. The molecule has 0 aliphatic rings. The van der Waals surface area contributed by atoms with Crippen molar-refractivity contribution in [2.45, 2.75) is 19.4 Å². The molecule has 0 aliphatic carbocycles. The van der Waals surface area contributed by atoms with E-state index in [4.69, 9.17) is 4.42 Å². The van der Waals surface area contributed by atoms with E-state index in [-0.39, 0.29) is 11.7 Å². The molecule has 146 valence electrons. The number of amides is 1. The van der Waals surface area contributed by atoms with Crippen molar-refractivity contribution in [1.29, 1.82) is 0 Å². The topological polar surface area (TPSA) is 78.7 Å². The van der Waals surface area contributed by atoms with Crippen molar-refractivity contribution >= 4 is 28.9 Å². The minimum Gasteiger partial charge on any atom is -0.459 e. The van der Waals surface area contributed by atoms with Crippen molar-refractivity contribution < 1.29 is 9.21 Å². The summed E-state index contributed by atoms with van der Waals surface area (Å²) in [5.41, 5.74) is 1.75. The first-order chi connectivity index (χ1) is 13.7. The van der Waals surface area contributed by atoms with Gasteiger partial charge < -0.3 is 20.4 Å². The molecule has 6 nitrogen and oxygen atoms in total. The van der Waals surface area contributed by atoms with Gasteiger partial charge in [-0.2, -0.15) is 0 Å². The number of anilines is 1. The van der Waals surface area contributed by atoms with Crippen molar-refractivity contribution in [2.24, 2.45) is 4.99 Å². The Balaban J connectivity index is 1.51. The maximum atomic E-state index is 12.1. The summed E-state index contributed by atoms with van der Waals surface area (Å²) in [6.45, 7) is 3.59. The zero-order valence-corrected chi connectivity index (χ0v) is 16.8. The van der Waals surface area contributed by atoms with E-state index in [2.05, 4.69) is 45.4 Å². The molecule has 28 heavy (non-hydrogen) atoms. The molecule has 0 spiro atoms. The Morgan fingerprint density at radius 1 is 1.18 bits per heavy atom. The van der Waals surface area contributed by atoms with Crippen LogP contribution in [-0.2, 0) is 6.54 Å². The highest BCUT2D eigenvalue weighted by molar-refractivity contribution is 7.10. The van der Waals surface area contributed by atoms with E-state index < -0.39 is 0 Å². The van der Waals surface area contributed by atoms with Gasteiger partial charge in [-0.15, -0.1) is 11.3 Å². The zero-order valence-electron chi connectivity index (χ0n) is 15.9. The fourth-order valence-corrected chi connectivity index (χ4v) is 3.47. The van der Waals surface area contributed by atoms with Crippen LogP contribution in [0.2, 0.25) is 0 Å². The number of carbonyl (C=O) groups excluding carboxylic acids is 1. The van der Waals surface area contributed by atoms with Crippen molar-refractivity contribution in [3.8, 4) is 0 Å². The SMILES string of the molecule is CN=C(NCc1cccc(NC(=O)c2ccco2)c1)NCC(C)c1cccs1. The Kier molecular flexibility index (Phi) is 6.86. The van der Waals surface area contributed by atoms with Crippen LogP contribution in [0.4, 0.5) is 5.69 Å². The molecule has 2 heterocycles. The van der Waals surface area contributed by atoms with Gasteiger partial charge in [-0.3, -0.25) is 9.79 Å². The number of benzene rings is 1. The van der Waals surface area contributed by atoms with Gasteiger partial charge in [0.2, 0.25) is 0 Å². The third-order valence-electron chi connectivity index (χ3n) is 4.22. The summed E-state index contributed by atoms with van der Waals surface area (Å²) < 4.78 is 5.12. The van der Waals surface area contributed by atoms with Crippen LogP contribution in [0.3, 0.4) is 0 Å². The van der Waals surface area contributed by atoms with Gasteiger partial charge in [0.15, 0.2) is 11.7 Å². The number of carbonyl (C=O) groups is 1. The summed E-state index contributed by atoms with van der Waals surface area (Å²) >= 11 is 1.76. The number of guanidine groups is 1. The molecule has 2 aromatic heterocycles. The van der Waals surface area contributed by atoms with E-state index in [0.717, 1.165) is 23.8 Å². The highest BCUT2D eigenvalue weighted by Gasteiger charge is 2.10. The number of furan rings is 1. The second-order valence-corrected chi connectivity index (χ2v) is 7.33. The van der Waals surface area contributed by atoms with Gasteiger partial charge in [-0.05, 0) is 41.3 Å². The van der Waals surface area contributed by atoms with Crippen LogP contribution in [0.25, 0.3) is 0 Å². The Hall–Kier alpha value is -3.06. The molecule has 0 radical (unpaired) electrons. The lowest BCUT2D eigenvalue weighted by Crippen LogP contribution is -2.38. The lowest BCUT2D eigenvalue weighted by molar-refractivity contribution is 0.0996. The smallest absolute Gasteiger partial charge is 0.291 e. The van der Waals surface area contributed by atoms with Crippen LogP contribution in [0.5, 0.6) is 0 Å². The van der Waals surface area contributed by atoms with Crippen LogP contribution in [0.1, 0.15) is 33.8 Å². The van der Waals surface area contributed by atoms with Crippen LogP contribution in [0, 0.1) is 0 Å². The maximum Gasteiger partial charge on any atom is 0.291 e. The summed E-state index contributed by atoms with van der Waals surface area (Å²) in [6, 6.07) is 15.2. The molecule has 0 aliphatic heterocycles. The molecule has 0 saturated heterocycles. The van der Waals surface area contributed by atoms with Crippen molar-refractivity contribution in [2.75, 3.05) is 18.9 Å². The van der Waals surface area contributed by atoms with Crippen molar-refractivity contribution in [3.05, 3.63) is 76.4 Å². The van der Waals surface area contributed by atoms with Gasteiger partial charge in [0.25, 0.3) is 5.91 Å². The van der Waals surface area contributed by atoms with Gasteiger partial charge in [0, 0.05) is 36.6 Å². The van der Waals surface area contributed by atoms with Crippen molar-refractivity contribution in [1.82, 2.24) is 10.6 Å². The first kappa shape index (κ1) is 19.7. The highest BCUT2D eigenvalue weighted by atomic mass is 32.1. The molecule has 7 heteroatoms. The zero-order chi connectivity index (χ0) is 19.8. The first-order valence-electron chi connectivity index (χ1n) is 9.07. The largest absolute Gasteiger partial charge is 0.459 e. The number of aliphatic imine (C=N–C) groups is 1. The summed E-state index contributed by atoms with van der Waals surface area (Å²) in [7, 11) is 1.76. The second-order valence-electron chi connectivity index (χ2n) is 6.35. The predicted molar refractivity (Wildman–Crippen MR) is 114 cm³/mol. The number of thiophene rings is 1. The molecule has 1 unspecified atom stereocenters. The van der Waals surface area contributed by atoms with E-state index >= 15 is 0 Å². The molecule has 0 fully saturated rings. The fraction of sp³-hybridized carbons (Fsp3) is 0.238. The van der Waals surface area contributed by atoms with Crippen LogP contribution >= 0.6 is 11.3 Å². The Morgan fingerprint density at radius 3 is 2.79 bits per heavy atom.